The minimum atomic E-state index is -0.322. The lowest BCUT2D eigenvalue weighted by Crippen LogP contribution is -2.47. The molecule has 3 N–H and O–H groups in total. The van der Waals surface area contributed by atoms with E-state index in [-0.39, 0.29) is 23.1 Å². The van der Waals surface area contributed by atoms with Gasteiger partial charge in [0.25, 0.3) is 0 Å². The molecule has 0 radical (unpaired) electrons. The van der Waals surface area contributed by atoms with Gasteiger partial charge in [-0.2, -0.15) is 0 Å². The van der Waals surface area contributed by atoms with Crippen molar-refractivity contribution >= 4 is 6.09 Å². The number of amides is 1. The molecule has 0 heterocycles. The van der Waals surface area contributed by atoms with Crippen molar-refractivity contribution in [2.45, 2.75) is 78.3 Å². The minimum Gasteiger partial charge on any atom is -0.449 e. The number of carbonyl (C=O) groups is 1. The lowest BCUT2D eigenvalue weighted by Gasteiger charge is -2.33. The predicted octanol–water partition coefficient (Wildman–Crippen LogP) is 3.44. The first-order valence-electron chi connectivity index (χ1n) is 7.80. The Kier molecular flexibility index (Phi) is 5.87. The Labute approximate surface area is 123 Å². The molecule has 0 unspecified atom stereocenters. The fourth-order valence-electron chi connectivity index (χ4n) is 3.31. The molecular weight excluding hydrogens is 252 g/mol. The summed E-state index contributed by atoms with van der Waals surface area (Å²) in [5.41, 5.74) is 5.97. The third-order valence-corrected chi connectivity index (χ3v) is 3.81. The first kappa shape index (κ1) is 17.3. The van der Waals surface area contributed by atoms with Crippen molar-refractivity contribution in [3.8, 4) is 0 Å². The summed E-state index contributed by atoms with van der Waals surface area (Å²) in [6, 6.07) is 0.180. The van der Waals surface area contributed by atoms with E-state index in [0.29, 0.717) is 12.5 Å². The second-order valence-corrected chi connectivity index (χ2v) is 8.05. The van der Waals surface area contributed by atoms with Crippen LogP contribution in [0.15, 0.2) is 0 Å². The molecule has 1 aliphatic carbocycles. The second kappa shape index (κ2) is 6.79. The van der Waals surface area contributed by atoms with Crippen LogP contribution in [0.25, 0.3) is 0 Å². The third-order valence-electron chi connectivity index (χ3n) is 3.81. The van der Waals surface area contributed by atoms with Gasteiger partial charge in [-0.15, -0.1) is 0 Å². The molecule has 4 nitrogen and oxygen atoms in total. The Morgan fingerprint density at radius 2 is 1.80 bits per heavy atom. The molecule has 0 aromatic rings. The van der Waals surface area contributed by atoms with E-state index in [1.165, 1.54) is 12.8 Å². The number of ether oxygens (including phenoxy) is 1. The molecule has 1 rings (SSSR count). The number of hydrogen-bond acceptors (Lipinski definition) is 3. The highest BCUT2D eigenvalue weighted by Gasteiger charge is 2.28. The number of nitrogens with one attached hydrogen (secondary N) is 1. The van der Waals surface area contributed by atoms with Gasteiger partial charge in [0.1, 0.15) is 0 Å². The first-order valence-corrected chi connectivity index (χ1v) is 7.80. The maximum Gasteiger partial charge on any atom is 0.407 e. The number of nitrogens with two attached hydrogens (primary N) is 1. The van der Waals surface area contributed by atoms with Gasteiger partial charge in [0.05, 0.1) is 6.61 Å². The first-order chi connectivity index (χ1) is 9.09. The highest BCUT2D eigenvalue weighted by Crippen LogP contribution is 2.27. The summed E-state index contributed by atoms with van der Waals surface area (Å²) < 4.78 is 5.37. The Balaban J connectivity index is 2.35. The van der Waals surface area contributed by atoms with Gasteiger partial charge in [0, 0.05) is 17.5 Å². The van der Waals surface area contributed by atoms with Crippen molar-refractivity contribution in [2.75, 3.05) is 6.61 Å². The second-order valence-electron chi connectivity index (χ2n) is 8.05. The minimum absolute atomic E-state index is 0.169. The Morgan fingerprint density at radius 3 is 2.35 bits per heavy atom. The summed E-state index contributed by atoms with van der Waals surface area (Å²) in [6.45, 7) is 11.0. The Morgan fingerprint density at radius 1 is 1.20 bits per heavy atom. The molecule has 0 spiro atoms. The molecule has 20 heavy (non-hydrogen) atoms. The maximum absolute atomic E-state index is 11.9. The average molecular weight is 284 g/mol. The zero-order chi connectivity index (χ0) is 15.4. The third kappa shape index (κ3) is 6.60. The maximum atomic E-state index is 11.9. The van der Waals surface area contributed by atoms with Crippen molar-refractivity contribution in [1.29, 1.82) is 0 Å². The quantitative estimate of drug-likeness (QED) is 0.831. The summed E-state index contributed by atoms with van der Waals surface area (Å²) in [4.78, 5) is 11.9. The van der Waals surface area contributed by atoms with E-state index < -0.39 is 0 Å². The van der Waals surface area contributed by atoms with Crippen LogP contribution in [0.3, 0.4) is 0 Å². The highest BCUT2D eigenvalue weighted by molar-refractivity contribution is 5.68. The van der Waals surface area contributed by atoms with Crippen LogP contribution >= 0.6 is 0 Å². The molecule has 4 heteroatoms. The van der Waals surface area contributed by atoms with Gasteiger partial charge in [0.2, 0.25) is 0 Å². The molecule has 1 aliphatic rings. The van der Waals surface area contributed by atoms with E-state index in [9.17, 15) is 4.79 Å². The van der Waals surface area contributed by atoms with Gasteiger partial charge in [0.15, 0.2) is 0 Å². The van der Waals surface area contributed by atoms with Crippen molar-refractivity contribution in [3.05, 3.63) is 0 Å². The van der Waals surface area contributed by atoms with Crippen LogP contribution in [0.1, 0.15) is 66.7 Å². The lowest BCUT2D eigenvalue weighted by molar-refractivity contribution is 0.0978. The van der Waals surface area contributed by atoms with Crippen LogP contribution in [0.4, 0.5) is 4.79 Å². The topological polar surface area (TPSA) is 64.3 Å². The van der Waals surface area contributed by atoms with Crippen molar-refractivity contribution in [1.82, 2.24) is 5.32 Å². The summed E-state index contributed by atoms with van der Waals surface area (Å²) >= 11 is 0. The highest BCUT2D eigenvalue weighted by atomic mass is 16.5. The summed E-state index contributed by atoms with van der Waals surface area (Å²) in [5, 5.41) is 2.97. The zero-order valence-electron chi connectivity index (χ0n) is 13.8. The van der Waals surface area contributed by atoms with E-state index in [0.717, 1.165) is 19.3 Å². The van der Waals surface area contributed by atoms with E-state index in [4.69, 9.17) is 10.5 Å². The smallest absolute Gasteiger partial charge is 0.407 e. The SMILES string of the molecule is CC(C)(C)CC(C)(C)NC(=O)OC[C@@H]1CCCC[C@H]1N. The number of rotatable bonds is 4. The normalized spacial score (nSPS) is 24.3. The monoisotopic (exact) mass is 284 g/mol. The Hall–Kier alpha value is -0.770. The van der Waals surface area contributed by atoms with E-state index in [2.05, 4.69) is 26.1 Å². The van der Waals surface area contributed by atoms with Crippen LogP contribution in [-0.4, -0.2) is 24.3 Å². The van der Waals surface area contributed by atoms with Gasteiger partial charge in [-0.1, -0.05) is 33.6 Å². The van der Waals surface area contributed by atoms with Gasteiger partial charge >= 0.3 is 6.09 Å². The molecule has 2 atom stereocenters. The standard InChI is InChI=1S/C16H32N2O2/c1-15(2,3)11-16(4,5)18-14(19)20-10-12-8-6-7-9-13(12)17/h12-13H,6-11,17H2,1-5H3,(H,18,19)/t12-,13+/m0/s1. The lowest BCUT2D eigenvalue weighted by atomic mass is 9.82. The van der Waals surface area contributed by atoms with Crippen LogP contribution < -0.4 is 11.1 Å². The molecule has 1 amide bonds. The van der Waals surface area contributed by atoms with E-state index in [1.54, 1.807) is 0 Å². The van der Waals surface area contributed by atoms with E-state index >= 15 is 0 Å². The molecule has 0 saturated heterocycles. The predicted molar refractivity (Wildman–Crippen MR) is 82.6 cm³/mol. The van der Waals surface area contributed by atoms with Gasteiger partial charge in [-0.3, -0.25) is 0 Å². The fraction of sp³-hybridized carbons (Fsp3) is 0.938. The van der Waals surface area contributed by atoms with Crippen molar-refractivity contribution in [3.63, 3.8) is 0 Å². The summed E-state index contributed by atoms with van der Waals surface area (Å²) in [6.07, 6.45) is 5.08. The molecule has 118 valence electrons. The Bertz CT molecular complexity index is 321. The molecule has 0 bridgehead atoms. The molecular formula is C16H32N2O2. The van der Waals surface area contributed by atoms with Crippen LogP contribution in [-0.2, 0) is 4.74 Å². The number of hydrogen-bond donors (Lipinski definition) is 2. The van der Waals surface area contributed by atoms with Crippen LogP contribution in [0.5, 0.6) is 0 Å². The fourth-order valence-corrected chi connectivity index (χ4v) is 3.31. The molecule has 1 saturated carbocycles. The van der Waals surface area contributed by atoms with Crippen molar-refractivity contribution < 1.29 is 9.53 Å². The molecule has 0 aliphatic heterocycles. The largest absolute Gasteiger partial charge is 0.449 e. The van der Waals surface area contributed by atoms with Gasteiger partial charge < -0.3 is 15.8 Å². The molecule has 0 aromatic heterocycles. The number of alkyl carbamates (subject to hydrolysis) is 1. The van der Waals surface area contributed by atoms with Crippen LogP contribution in [0.2, 0.25) is 0 Å². The zero-order valence-corrected chi connectivity index (χ0v) is 13.8. The van der Waals surface area contributed by atoms with E-state index in [1.807, 2.05) is 13.8 Å². The summed E-state index contributed by atoms with van der Waals surface area (Å²) in [7, 11) is 0. The number of carbonyl (C=O) groups excluding carboxylic acids is 1. The van der Waals surface area contributed by atoms with Crippen molar-refractivity contribution in [2.24, 2.45) is 17.1 Å². The molecule has 0 aromatic carbocycles. The summed E-state index contributed by atoms with van der Waals surface area (Å²) in [5.74, 6) is 0.320. The average Bonchev–Trinajstić information content (AvgIpc) is 2.23. The van der Waals surface area contributed by atoms with Gasteiger partial charge in [-0.25, -0.2) is 4.79 Å². The van der Waals surface area contributed by atoms with Gasteiger partial charge in [-0.05, 0) is 38.5 Å². The van der Waals surface area contributed by atoms with Crippen LogP contribution in [0, 0.1) is 11.3 Å². The molecule has 1 fully saturated rings.